The highest BCUT2D eigenvalue weighted by Gasteiger charge is 2.09. The lowest BCUT2D eigenvalue weighted by atomic mass is 10.1. The smallest absolute Gasteiger partial charge is 0.251 e. The van der Waals surface area contributed by atoms with E-state index in [1.54, 1.807) is 31.0 Å². The number of carbonyl (C=O) groups excluding carboxylic acids is 1. The van der Waals surface area contributed by atoms with Gasteiger partial charge in [-0.05, 0) is 42.3 Å². The third-order valence-corrected chi connectivity index (χ3v) is 4.32. The highest BCUT2D eigenvalue weighted by atomic mass is 32.2. The van der Waals surface area contributed by atoms with E-state index >= 15 is 0 Å². The zero-order valence-electron chi connectivity index (χ0n) is 13.2. The van der Waals surface area contributed by atoms with Gasteiger partial charge in [-0.15, -0.1) is 18.3 Å². The summed E-state index contributed by atoms with van der Waals surface area (Å²) in [6.45, 7) is 4.36. The van der Waals surface area contributed by atoms with Crippen LogP contribution >= 0.6 is 11.8 Å². The second kappa shape index (κ2) is 9.06. The molecule has 0 saturated heterocycles. The maximum absolute atomic E-state index is 12.2. The molecule has 2 aromatic carbocycles. The Hall–Kier alpha value is -2.20. The first-order chi connectivity index (χ1) is 11.2. The van der Waals surface area contributed by atoms with Gasteiger partial charge in [0, 0.05) is 22.8 Å². The molecular weight excluding hydrogens is 306 g/mol. The normalized spacial score (nSPS) is 10.1. The van der Waals surface area contributed by atoms with E-state index in [0.29, 0.717) is 18.5 Å². The molecule has 0 heterocycles. The van der Waals surface area contributed by atoms with Crippen molar-refractivity contribution in [1.29, 1.82) is 0 Å². The molecule has 0 atom stereocenters. The van der Waals surface area contributed by atoms with E-state index < -0.39 is 0 Å². The average Bonchev–Trinajstić information content (AvgIpc) is 2.59. The van der Waals surface area contributed by atoms with E-state index in [0.717, 1.165) is 17.1 Å². The zero-order valence-corrected chi connectivity index (χ0v) is 14.1. The Morgan fingerprint density at radius 1 is 1.26 bits per heavy atom. The number of hydrogen-bond donors (Lipinski definition) is 1. The van der Waals surface area contributed by atoms with Gasteiger partial charge in [0.2, 0.25) is 0 Å². The first-order valence-electron chi connectivity index (χ1n) is 7.48. The van der Waals surface area contributed by atoms with Crippen LogP contribution in [-0.4, -0.2) is 25.3 Å². The Balaban J connectivity index is 1.87. The van der Waals surface area contributed by atoms with Crippen molar-refractivity contribution in [3.63, 3.8) is 0 Å². The standard InChI is InChI=1S/C19H21NO2S/c1-3-7-15-14-16(10-11-18(15)22-2)19(21)20-12-13-23-17-8-5-4-6-9-17/h3-6,8-11,14H,1,7,12-13H2,2H3,(H,20,21). The van der Waals surface area contributed by atoms with Gasteiger partial charge in [0.05, 0.1) is 7.11 Å². The summed E-state index contributed by atoms with van der Waals surface area (Å²) in [4.78, 5) is 13.4. The van der Waals surface area contributed by atoms with Gasteiger partial charge in [0.25, 0.3) is 5.91 Å². The van der Waals surface area contributed by atoms with Crippen LogP contribution in [0, 0.1) is 0 Å². The summed E-state index contributed by atoms with van der Waals surface area (Å²) in [6, 6.07) is 15.6. The molecule has 4 heteroatoms. The van der Waals surface area contributed by atoms with Gasteiger partial charge in [-0.1, -0.05) is 24.3 Å². The summed E-state index contributed by atoms with van der Waals surface area (Å²) in [6.07, 6.45) is 2.48. The fourth-order valence-corrected chi connectivity index (χ4v) is 2.98. The fourth-order valence-electron chi connectivity index (χ4n) is 2.19. The first kappa shape index (κ1) is 17.2. The number of ether oxygens (including phenoxy) is 1. The highest BCUT2D eigenvalue weighted by Crippen LogP contribution is 2.21. The molecule has 2 aromatic rings. The van der Waals surface area contributed by atoms with Gasteiger partial charge in [-0.3, -0.25) is 4.79 Å². The Kier molecular flexibility index (Phi) is 6.76. The number of allylic oxidation sites excluding steroid dienone is 1. The highest BCUT2D eigenvalue weighted by molar-refractivity contribution is 7.99. The van der Waals surface area contributed by atoms with Crippen molar-refractivity contribution < 1.29 is 9.53 Å². The van der Waals surface area contributed by atoms with E-state index in [1.807, 2.05) is 30.3 Å². The van der Waals surface area contributed by atoms with E-state index in [2.05, 4.69) is 24.0 Å². The van der Waals surface area contributed by atoms with Crippen LogP contribution < -0.4 is 10.1 Å². The topological polar surface area (TPSA) is 38.3 Å². The third kappa shape index (κ3) is 5.18. The van der Waals surface area contributed by atoms with Crippen LogP contribution in [0.1, 0.15) is 15.9 Å². The van der Waals surface area contributed by atoms with Crippen molar-refractivity contribution in [3.05, 3.63) is 72.3 Å². The van der Waals surface area contributed by atoms with Crippen LogP contribution in [0.5, 0.6) is 5.75 Å². The number of methoxy groups -OCH3 is 1. The maximum Gasteiger partial charge on any atom is 0.251 e. The lowest BCUT2D eigenvalue weighted by Gasteiger charge is -2.10. The number of hydrogen-bond acceptors (Lipinski definition) is 3. The predicted octanol–water partition coefficient (Wildman–Crippen LogP) is 3.95. The van der Waals surface area contributed by atoms with Crippen LogP contribution in [0.3, 0.4) is 0 Å². The lowest BCUT2D eigenvalue weighted by molar-refractivity contribution is 0.0956. The molecule has 0 aliphatic rings. The van der Waals surface area contributed by atoms with E-state index in [9.17, 15) is 4.79 Å². The molecule has 0 fully saturated rings. The Morgan fingerprint density at radius 3 is 2.74 bits per heavy atom. The van der Waals surface area contributed by atoms with Gasteiger partial charge >= 0.3 is 0 Å². The van der Waals surface area contributed by atoms with Crippen molar-refractivity contribution in [2.24, 2.45) is 0 Å². The van der Waals surface area contributed by atoms with Gasteiger partial charge in [-0.25, -0.2) is 0 Å². The van der Waals surface area contributed by atoms with Crippen molar-refractivity contribution in [3.8, 4) is 5.75 Å². The van der Waals surface area contributed by atoms with Crippen molar-refractivity contribution in [2.45, 2.75) is 11.3 Å². The number of carbonyl (C=O) groups is 1. The Morgan fingerprint density at radius 2 is 2.04 bits per heavy atom. The molecule has 23 heavy (non-hydrogen) atoms. The Bertz CT molecular complexity index is 656. The van der Waals surface area contributed by atoms with Crippen LogP contribution in [0.25, 0.3) is 0 Å². The second-order valence-electron chi connectivity index (χ2n) is 4.94. The van der Waals surface area contributed by atoms with Crippen LogP contribution in [-0.2, 0) is 6.42 Å². The summed E-state index contributed by atoms with van der Waals surface area (Å²) in [7, 11) is 1.63. The Labute approximate surface area is 141 Å². The number of amides is 1. The van der Waals surface area contributed by atoms with E-state index in [-0.39, 0.29) is 5.91 Å². The SMILES string of the molecule is C=CCc1cc(C(=O)NCCSc2ccccc2)ccc1OC. The molecule has 0 unspecified atom stereocenters. The minimum Gasteiger partial charge on any atom is -0.496 e. The summed E-state index contributed by atoms with van der Waals surface area (Å²) < 4.78 is 5.30. The van der Waals surface area contributed by atoms with E-state index in [1.165, 1.54) is 4.90 Å². The number of thioether (sulfide) groups is 1. The molecule has 120 valence electrons. The number of benzene rings is 2. The first-order valence-corrected chi connectivity index (χ1v) is 8.47. The molecule has 0 spiro atoms. The lowest BCUT2D eigenvalue weighted by Crippen LogP contribution is -2.25. The zero-order chi connectivity index (χ0) is 16.5. The largest absolute Gasteiger partial charge is 0.496 e. The van der Waals surface area contributed by atoms with Crippen LogP contribution in [0.15, 0.2) is 66.1 Å². The molecule has 0 aromatic heterocycles. The molecule has 0 aliphatic carbocycles. The number of rotatable bonds is 8. The van der Waals surface area contributed by atoms with Gasteiger partial charge in [-0.2, -0.15) is 0 Å². The van der Waals surface area contributed by atoms with Crippen molar-refractivity contribution in [1.82, 2.24) is 5.32 Å². The quantitative estimate of drug-likeness (QED) is 0.453. The molecule has 1 amide bonds. The van der Waals surface area contributed by atoms with Crippen LogP contribution in [0.4, 0.5) is 0 Å². The third-order valence-electron chi connectivity index (χ3n) is 3.31. The van der Waals surface area contributed by atoms with Gasteiger partial charge in [0.15, 0.2) is 0 Å². The maximum atomic E-state index is 12.2. The minimum atomic E-state index is -0.0633. The van der Waals surface area contributed by atoms with Gasteiger partial charge < -0.3 is 10.1 Å². The summed E-state index contributed by atoms with van der Waals surface area (Å²) in [5, 5.41) is 2.95. The monoisotopic (exact) mass is 327 g/mol. The second-order valence-corrected chi connectivity index (χ2v) is 6.11. The molecule has 0 bridgehead atoms. The molecule has 2 rings (SSSR count). The van der Waals surface area contributed by atoms with E-state index in [4.69, 9.17) is 4.74 Å². The molecular formula is C19H21NO2S. The molecule has 3 nitrogen and oxygen atoms in total. The summed E-state index contributed by atoms with van der Waals surface area (Å²) in [5.41, 5.74) is 1.61. The van der Waals surface area contributed by atoms with Crippen LogP contribution in [0.2, 0.25) is 0 Å². The molecule has 0 saturated carbocycles. The molecule has 1 N–H and O–H groups in total. The molecule has 0 radical (unpaired) electrons. The molecule has 0 aliphatic heterocycles. The average molecular weight is 327 g/mol. The number of nitrogens with one attached hydrogen (secondary N) is 1. The summed E-state index contributed by atoms with van der Waals surface area (Å²) >= 11 is 1.73. The fraction of sp³-hybridized carbons (Fsp3) is 0.211. The van der Waals surface area contributed by atoms with Crippen molar-refractivity contribution >= 4 is 17.7 Å². The van der Waals surface area contributed by atoms with Gasteiger partial charge in [0.1, 0.15) is 5.75 Å². The predicted molar refractivity (Wildman–Crippen MR) is 96.4 cm³/mol. The minimum absolute atomic E-state index is 0.0633. The summed E-state index contributed by atoms with van der Waals surface area (Å²) in [5.74, 6) is 1.55. The van der Waals surface area contributed by atoms with Crippen molar-refractivity contribution in [2.75, 3.05) is 19.4 Å².